The first-order valence-electron chi connectivity index (χ1n) is 9.74. The zero-order valence-electron chi connectivity index (χ0n) is 16.6. The molecule has 0 bridgehead atoms. The van der Waals surface area contributed by atoms with Crippen LogP contribution in [0.2, 0.25) is 0 Å². The number of ether oxygens (including phenoxy) is 1. The Labute approximate surface area is 169 Å². The van der Waals surface area contributed by atoms with Crippen LogP contribution < -0.4 is 4.74 Å². The molecule has 0 amide bonds. The number of nitrogens with one attached hydrogen (secondary N) is 1. The van der Waals surface area contributed by atoms with E-state index in [-0.39, 0.29) is 18.4 Å². The summed E-state index contributed by atoms with van der Waals surface area (Å²) in [5.41, 5.74) is 4.66. The van der Waals surface area contributed by atoms with Crippen molar-refractivity contribution in [3.8, 4) is 5.75 Å². The summed E-state index contributed by atoms with van der Waals surface area (Å²) in [5, 5.41) is 29.2. The largest absolute Gasteiger partial charge is 0.497 e. The Morgan fingerprint density at radius 2 is 2.28 bits per heavy atom. The fraction of sp³-hybridized carbons (Fsp3) is 0.409. The van der Waals surface area contributed by atoms with Gasteiger partial charge >= 0.3 is 0 Å². The lowest BCUT2D eigenvalue weighted by Crippen LogP contribution is -2.27. The van der Waals surface area contributed by atoms with Crippen molar-refractivity contribution in [1.82, 2.24) is 9.88 Å². The van der Waals surface area contributed by atoms with E-state index in [4.69, 9.17) is 15.1 Å². The molecule has 0 saturated heterocycles. The lowest BCUT2D eigenvalue weighted by Gasteiger charge is -2.23. The van der Waals surface area contributed by atoms with Gasteiger partial charge in [-0.2, -0.15) is 0 Å². The van der Waals surface area contributed by atoms with Crippen LogP contribution in [-0.4, -0.2) is 58.5 Å². The summed E-state index contributed by atoms with van der Waals surface area (Å²) in [4.78, 5) is 18.2. The van der Waals surface area contributed by atoms with Crippen LogP contribution in [0.15, 0.2) is 24.3 Å². The van der Waals surface area contributed by atoms with Gasteiger partial charge in [-0.25, -0.2) is 4.98 Å². The van der Waals surface area contributed by atoms with Crippen LogP contribution >= 0.6 is 0 Å². The normalized spacial score (nSPS) is 21.8. The molecule has 1 aromatic carbocycles. The van der Waals surface area contributed by atoms with Gasteiger partial charge in [0.05, 0.1) is 24.0 Å². The van der Waals surface area contributed by atoms with Gasteiger partial charge in [0.15, 0.2) is 0 Å². The lowest BCUT2D eigenvalue weighted by molar-refractivity contribution is -0.116. The monoisotopic (exact) mass is 395 g/mol. The number of aliphatic hydroxyl groups excluding tert-OH is 2. The molecule has 0 radical (unpaired) electrons. The van der Waals surface area contributed by atoms with Crippen molar-refractivity contribution in [3.05, 3.63) is 41.1 Å². The SMILES string of the molecule is COc1ccc2nc3c(c(C(C)=N)c2c1)CN1CC(CO)CC([C@H](O)C=O)C=C31. The highest BCUT2D eigenvalue weighted by Gasteiger charge is 2.35. The molecule has 2 unspecified atom stereocenters. The number of carbonyl (C=O) groups excluding carboxylic acids is 1. The minimum Gasteiger partial charge on any atom is -0.497 e. The second-order valence-corrected chi connectivity index (χ2v) is 7.83. The molecule has 2 aliphatic heterocycles. The van der Waals surface area contributed by atoms with Gasteiger partial charge < -0.3 is 30.1 Å². The first-order chi connectivity index (χ1) is 14.0. The number of carbonyl (C=O) groups is 1. The maximum Gasteiger partial charge on any atom is 0.149 e. The molecular weight excluding hydrogens is 370 g/mol. The van der Waals surface area contributed by atoms with Crippen LogP contribution in [0.3, 0.4) is 0 Å². The summed E-state index contributed by atoms with van der Waals surface area (Å²) >= 11 is 0. The molecule has 0 spiro atoms. The van der Waals surface area contributed by atoms with Crippen molar-refractivity contribution in [1.29, 1.82) is 5.41 Å². The zero-order chi connectivity index (χ0) is 20.7. The Morgan fingerprint density at radius 1 is 1.48 bits per heavy atom. The summed E-state index contributed by atoms with van der Waals surface area (Å²) in [5.74, 6) is 0.271. The summed E-state index contributed by atoms with van der Waals surface area (Å²) in [7, 11) is 1.61. The van der Waals surface area contributed by atoms with Crippen LogP contribution in [0.4, 0.5) is 0 Å². The van der Waals surface area contributed by atoms with Crippen LogP contribution in [0.5, 0.6) is 5.75 Å². The van der Waals surface area contributed by atoms with Gasteiger partial charge in [-0.3, -0.25) is 0 Å². The van der Waals surface area contributed by atoms with E-state index >= 15 is 0 Å². The van der Waals surface area contributed by atoms with Crippen LogP contribution in [-0.2, 0) is 11.3 Å². The number of hydrogen-bond acceptors (Lipinski definition) is 7. The maximum atomic E-state index is 11.2. The van der Waals surface area contributed by atoms with Crippen molar-refractivity contribution in [3.63, 3.8) is 0 Å². The van der Waals surface area contributed by atoms with Crippen LogP contribution in [0.1, 0.15) is 30.2 Å². The Hall–Kier alpha value is -2.77. The predicted molar refractivity (Wildman–Crippen MR) is 110 cm³/mol. The molecule has 152 valence electrons. The number of nitrogens with zero attached hydrogens (tertiary/aromatic N) is 2. The third-order valence-electron chi connectivity index (χ3n) is 5.89. The maximum absolute atomic E-state index is 11.2. The summed E-state index contributed by atoms with van der Waals surface area (Å²) in [6.45, 7) is 2.94. The first-order valence-corrected chi connectivity index (χ1v) is 9.74. The number of aromatic nitrogens is 1. The number of pyridine rings is 1. The van der Waals surface area contributed by atoms with E-state index in [0.717, 1.165) is 33.4 Å². The van der Waals surface area contributed by atoms with Crippen molar-refractivity contribution in [2.75, 3.05) is 20.3 Å². The van der Waals surface area contributed by atoms with E-state index in [1.807, 2.05) is 24.3 Å². The van der Waals surface area contributed by atoms with Gasteiger partial charge in [-0.15, -0.1) is 0 Å². The van der Waals surface area contributed by atoms with Crippen molar-refractivity contribution in [2.24, 2.45) is 11.8 Å². The molecule has 2 aliphatic rings. The number of aldehydes is 1. The fourth-order valence-corrected chi connectivity index (χ4v) is 4.49. The van der Waals surface area contributed by atoms with Gasteiger partial charge in [0.1, 0.15) is 18.1 Å². The second kappa shape index (κ2) is 7.57. The molecule has 7 nitrogen and oxygen atoms in total. The van der Waals surface area contributed by atoms with Gasteiger partial charge in [-0.05, 0) is 31.5 Å². The highest BCUT2D eigenvalue weighted by molar-refractivity contribution is 6.10. The third kappa shape index (κ3) is 3.30. The molecule has 2 aromatic rings. The molecule has 1 aromatic heterocycles. The number of aliphatic hydroxyl groups is 2. The number of benzene rings is 1. The van der Waals surface area contributed by atoms with Gasteiger partial charge in [0.2, 0.25) is 0 Å². The highest BCUT2D eigenvalue weighted by atomic mass is 16.5. The molecule has 4 rings (SSSR count). The van der Waals surface area contributed by atoms with Gasteiger partial charge in [0.25, 0.3) is 0 Å². The molecule has 7 heteroatoms. The van der Waals surface area contributed by atoms with Crippen LogP contribution in [0, 0.1) is 17.2 Å². The van der Waals surface area contributed by atoms with E-state index in [1.54, 1.807) is 14.0 Å². The Balaban J connectivity index is 1.93. The number of methoxy groups -OCH3 is 1. The predicted octanol–water partition coefficient (Wildman–Crippen LogP) is 1.98. The smallest absolute Gasteiger partial charge is 0.149 e. The molecule has 0 aliphatic carbocycles. The molecule has 0 saturated carbocycles. The molecule has 3 N–H and O–H groups in total. The van der Waals surface area contributed by atoms with Crippen molar-refractivity contribution < 1.29 is 19.7 Å². The minimum atomic E-state index is -1.12. The highest BCUT2D eigenvalue weighted by Crippen LogP contribution is 2.41. The fourth-order valence-electron chi connectivity index (χ4n) is 4.49. The topological polar surface area (TPSA) is 107 Å². The molecule has 3 heterocycles. The zero-order valence-corrected chi connectivity index (χ0v) is 16.6. The Bertz CT molecular complexity index is 1020. The average molecular weight is 395 g/mol. The molecule has 0 fully saturated rings. The van der Waals surface area contributed by atoms with Crippen LogP contribution in [0.25, 0.3) is 16.6 Å². The van der Waals surface area contributed by atoms with Gasteiger partial charge in [0, 0.05) is 53.8 Å². The third-order valence-corrected chi connectivity index (χ3v) is 5.89. The van der Waals surface area contributed by atoms with E-state index in [2.05, 4.69) is 4.90 Å². The average Bonchev–Trinajstić information content (AvgIpc) is 2.93. The lowest BCUT2D eigenvalue weighted by atomic mass is 9.90. The van der Waals surface area contributed by atoms with E-state index in [1.165, 1.54) is 0 Å². The minimum absolute atomic E-state index is 0.0148. The summed E-state index contributed by atoms with van der Waals surface area (Å²) in [6, 6.07) is 5.64. The van der Waals surface area contributed by atoms with Crippen molar-refractivity contribution in [2.45, 2.75) is 26.0 Å². The Morgan fingerprint density at radius 3 is 2.93 bits per heavy atom. The van der Waals surface area contributed by atoms with Gasteiger partial charge in [-0.1, -0.05) is 6.08 Å². The molecule has 29 heavy (non-hydrogen) atoms. The number of fused-ring (bicyclic) bond motifs is 4. The second-order valence-electron chi connectivity index (χ2n) is 7.83. The first kappa shape index (κ1) is 19.5. The summed E-state index contributed by atoms with van der Waals surface area (Å²) in [6.07, 6.45) is 1.88. The summed E-state index contributed by atoms with van der Waals surface area (Å²) < 4.78 is 5.36. The van der Waals surface area contributed by atoms with Crippen molar-refractivity contribution >= 4 is 28.6 Å². The Kier molecular flexibility index (Phi) is 5.10. The van der Waals surface area contributed by atoms with E-state index in [9.17, 15) is 15.0 Å². The van der Waals surface area contributed by atoms with E-state index < -0.39 is 6.10 Å². The number of hydrogen-bond donors (Lipinski definition) is 3. The molecular formula is C22H25N3O4. The molecule has 3 atom stereocenters. The van der Waals surface area contributed by atoms with E-state index in [0.29, 0.717) is 37.3 Å². The quantitative estimate of drug-likeness (QED) is 0.528. The standard InChI is InChI=1S/C22H25N3O4/c1-12(23)21-16-7-15(29-2)3-4-18(16)24-22-17(21)9-25-8-13(10-26)5-14(6-19(22)25)20(28)11-27/h3-4,6-7,11,13-14,20,23,26,28H,5,8-10H2,1-2H3/t13?,14?,20-/m1/s1. The number of rotatable bonds is 5.